The van der Waals surface area contributed by atoms with Crippen molar-refractivity contribution in [2.24, 2.45) is 0 Å². The Balaban J connectivity index is 1.87. The first-order valence-electron chi connectivity index (χ1n) is 6.49. The third-order valence-electron chi connectivity index (χ3n) is 2.98. The number of carbonyl (C=O) groups is 1. The number of hydrogen-bond acceptors (Lipinski definition) is 2. The van der Waals surface area contributed by atoms with E-state index in [1.54, 1.807) is 24.3 Å². The van der Waals surface area contributed by atoms with Crippen LogP contribution in [0.25, 0.3) is 0 Å². The van der Waals surface area contributed by atoms with E-state index in [9.17, 15) is 13.4 Å². The minimum Gasteiger partial charge on any atom is -0.294 e. The first-order chi connectivity index (χ1) is 10.1. The number of rotatable bonds is 6. The van der Waals surface area contributed by atoms with Crippen molar-refractivity contribution >= 4 is 28.2 Å². The Kier molecular flexibility index (Phi) is 5.65. The Morgan fingerprint density at radius 1 is 1.10 bits per heavy atom. The largest absolute Gasteiger partial charge is 0.294 e. The molecular weight excluding hydrogens is 311 g/mol. The minimum atomic E-state index is -1.22. The first kappa shape index (κ1) is 15.9. The summed E-state index contributed by atoms with van der Waals surface area (Å²) in [7, 11) is -1.22. The van der Waals surface area contributed by atoms with Gasteiger partial charge >= 0.3 is 0 Å². The van der Waals surface area contributed by atoms with Crippen LogP contribution in [0.15, 0.2) is 53.4 Å². The Morgan fingerprint density at radius 2 is 1.76 bits per heavy atom. The highest BCUT2D eigenvalue weighted by Crippen LogP contribution is 2.20. The fourth-order valence-corrected chi connectivity index (χ4v) is 3.42. The molecule has 0 aliphatic rings. The molecule has 0 amide bonds. The van der Waals surface area contributed by atoms with Gasteiger partial charge in [0.05, 0.1) is 20.7 Å². The maximum Gasteiger partial charge on any atom is 0.162 e. The molecule has 0 N–H and O–H groups in total. The SMILES string of the molecule is O=C(CCCS(=O)c1ccccc1Cl)c1ccc(F)cc1. The predicted octanol–water partition coefficient (Wildman–Crippen LogP) is 4.25. The van der Waals surface area contributed by atoms with Crippen molar-refractivity contribution in [3.8, 4) is 0 Å². The van der Waals surface area contributed by atoms with Gasteiger partial charge in [0.25, 0.3) is 0 Å². The predicted molar refractivity (Wildman–Crippen MR) is 82.7 cm³/mol. The van der Waals surface area contributed by atoms with Crippen LogP contribution in [0.2, 0.25) is 5.02 Å². The zero-order valence-corrected chi connectivity index (χ0v) is 12.8. The van der Waals surface area contributed by atoms with E-state index in [1.165, 1.54) is 24.3 Å². The fraction of sp³-hybridized carbons (Fsp3) is 0.188. The maximum absolute atomic E-state index is 12.8. The van der Waals surface area contributed by atoms with Gasteiger partial charge in [-0.25, -0.2) is 4.39 Å². The molecular formula is C16H14ClFO2S. The first-order valence-corrected chi connectivity index (χ1v) is 8.19. The van der Waals surface area contributed by atoms with E-state index in [0.29, 0.717) is 27.7 Å². The van der Waals surface area contributed by atoms with Crippen LogP contribution < -0.4 is 0 Å². The van der Waals surface area contributed by atoms with E-state index in [1.807, 2.05) is 0 Å². The molecule has 0 aromatic heterocycles. The summed E-state index contributed by atoms with van der Waals surface area (Å²) in [6.45, 7) is 0. The van der Waals surface area contributed by atoms with Crippen molar-refractivity contribution < 1.29 is 13.4 Å². The normalized spacial score (nSPS) is 12.1. The molecule has 0 spiro atoms. The van der Waals surface area contributed by atoms with E-state index >= 15 is 0 Å². The van der Waals surface area contributed by atoms with E-state index in [2.05, 4.69) is 0 Å². The van der Waals surface area contributed by atoms with Crippen molar-refractivity contribution in [3.63, 3.8) is 0 Å². The summed E-state index contributed by atoms with van der Waals surface area (Å²) in [5.74, 6) is -0.0750. The Bertz CT molecular complexity index is 656. The van der Waals surface area contributed by atoms with Crippen LogP contribution >= 0.6 is 11.6 Å². The second-order valence-corrected chi connectivity index (χ2v) is 6.46. The van der Waals surface area contributed by atoms with E-state index in [-0.39, 0.29) is 18.0 Å². The van der Waals surface area contributed by atoms with Crippen molar-refractivity contribution in [1.82, 2.24) is 0 Å². The molecule has 5 heteroatoms. The van der Waals surface area contributed by atoms with Crippen LogP contribution in [0.1, 0.15) is 23.2 Å². The number of hydrogen-bond donors (Lipinski definition) is 0. The number of halogens is 2. The van der Waals surface area contributed by atoms with E-state index < -0.39 is 10.8 Å². The Hall–Kier alpha value is -1.52. The molecule has 0 radical (unpaired) electrons. The van der Waals surface area contributed by atoms with E-state index in [0.717, 1.165) is 0 Å². The average Bonchev–Trinajstić information content (AvgIpc) is 2.48. The average molecular weight is 325 g/mol. The van der Waals surface area contributed by atoms with Gasteiger partial charge in [0.15, 0.2) is 5.78 Å². The summed E-state index contributed by atoms with van der Waals surface area (Å²) in [4.78, 5) is 12.5. The number of Topliss-reactive ketones (excluding diaryl/α,β-unsaturated/α-hetero) is 1. The summed E-state index contributed by atoms with van der Waals surface area (Å²) in [6.07, 6.45) is 0.774. The number of benzene rings is 2. The molecule has 0 aliphatic heterocycles. The molecule has 1 unspecified atom stereocenters. The summed E-state index contributed by atoms with van der Waals surface area (Å²) in [6, 6.07) is 12.4. The van der Waals surface area contributed by atoms with Crippen LogP contribution in [0.5, 0.6) is 0 Å². The second-order valence-electron chi connectivity index (χ2n) is 4.51. The molecule has 0 saturated carbocycles. The molecule has 2 aromatic rings. The van der Waals surface area contributed by atoms with Gasteiger partial charge in [-0.3, -0.25) is 9.00 Å². The molecule has 0 bridgehead atoms. The highest BCUT2D eigenvalue weighted by atomic mass is 35.5. The zero-order valence-electron chi connectivity index (χ0n) is 11.2. The van der Waals surface area contributed by atoms with Crippen molar-refractivity contribution in [1.29, 1.82) is 0 Å². The highest BCUT2D eigenvalue weighted by molar-refractivity contribution is 7.85. The fourth-order valence-electron chi connectivity index (χ4n) is 1.88. The molecule has 2 rings (SSSR count). The molecule has 110 valence electrons. The van der Waals surface area contributed by atoms with Gasteiger partial charge in [-0.15, -0.1) is 0 Å². The second kappa shape index (κ2) is 7.48. The lowest BCUT2D eigenvalue weighted by molar-refractivity contribution is 0.0982. The molecule has 2 aromatic carbocycles. The van der Waals surface area contributed by atoms with Crippen molar-refractivity contribution in [2.75, 3.05) is 5.75 Å². The summed E-state index contributed by atoms with van der Waals surface area (Å²) in [5.41, 5.74) is 0.472. The van der Waals surface area contributed by atoms with Crippen molar-refractivity contribution in [2.45, 2.75) is 17.7 Å². The minimum absolute atomic E-state index is 0.0776. The molecule has 0 aliphatic carbocycles. The highest BCUT2D eigenvalue weighted by Gasteiger charge is 2.10. The molecule has 2 nitrogen and oxygen atoms in total. The third-order valence-corrected chi connectivity index (χ3v) is 4.93. The van der Waals surface area contributed by atoms with Crippen LogP contribution in [-0.2, 0) is 10.8 Å². The van der Waals surface area contributed by atoms with E-state index in [4.69, 9.17) is 11.6 Å². The van der Waals surface area contributed by atoms with Gasteiger partial charge in [0.1, 0.15) is 5.82 Å². The molecule has 0 fully saturated rings. The Labute approximate surface area is 130 Å². The summed E-state index contributed by atoms with van der Waals surface area (Å²) < 4.78 is 24.9. The Morgan fingerprint density at radius 3 is 2.43 bits per heavy atom. The van der Waals surface area contributed by atoms with Crippen LogP contribution in [0, 0.1) is 5.82 Å². The van der Waals surface area contributed by atoms with Crippen molar-refractivity contribution in [3.05, 3.63) is 64.9 Å². The van der Waals surface area contributed by atoms with Gasteiger partial charge in [-0.1, -0.05) is 23.7 Å². The smallest absolute Gasteiger partial charge is 0.162 e. The standard InChI is InChI=1S/C16H14ClFO2S/c17-14-4-1-2-6-16(14)21(20)11-3-5-15(19)12-7-9-13(18)10-8-12/h1-2,4,6-10H,3,5,11H2. The van der Waals surface area contributed by atoms with Crippen LogP contribution in [0.4, 0.5) is 4.39 Å². The van der Waals surface area contributed by atoms with Gasteiger partial charge in [-0.05, 0) is 42.8 Å². The lowest BCUT2D eigenvalue weighted by Crippen LogP contribution is -2.04. The molecule has 21 heavy (non-hydrogen) atoms. The quantitative estimate of drug-likeness (QED) is 0.744. The molecule has 0 saturated heterocycles. The lowest BCUT2D eigenvalue weighted by Gasteiger charge is -2.04. The third kappa shape index (κ3) is 4.48. The summed E-state index contributed by atoms with van der Waals surface area (Å²) in [5, 5.41) is 0.473. The van der Waals surface area contributed by atoms with Gasteiger partial charge in [0, 0.05) is 17.7 Å². The monoisotopic (exact) mass is 324 g/mol. The zero-order chi connectivity index (χ0) is 15.2. The molecule has 1 atom stereocenters. The maximum atomic E-state index is 12.8. The topological polar surface area (TPSA) is 34.1 Å². The number of carbonyl (C=O) groups excluding carboxylic acids is 1. The number of ketones is 1. The van der Waals surface area contributed by atoms with Crippen LogP contribution in [-0.4, -0.2) is 15.7 Å². The van der Waals surface area contributed by atoms with Gasteiger partial charge in [-0.2, -0.15) is 0 Å². The summed E-state index contributed by atoms with van der Waals surface area (Å²) >= 11 is 5.98. The van der Waals surface area contributed by atoms with Gasteiger partial charge in [0.2, 0.25) is 0 Å². The van der Waals surface area contributed by atoms with Gasteiger partial charge < -0.3 is 0 Å². The lowest BCUT2D eigenvalue weighted by atomic mass is 10.1. The molecule has 0 heterocycles. The van der Waals surface area contributed by atoms with Crippen LogP contribution in [0.3, 0.4) is 0 Å².